The van der Waals surface area contributed by atoms with Gasteiger partial charge >= 0.3 is 10.1 Å². The molecule has 1 heterocycles. The minimum absolute atomic E-state index is 0.0117. The molecule has 0 saturated carbocycles. The second-order valence-electron chi connectivity index (χ2n) is 3.80. The molecule has 0 aliphatic heterocycles. The number of thioether (sulfide) groups is 1. The second kappa shape index (κ2) is 6.11. The number of benzene rings is 1. The summed E-state index contributed by atoms with van der Waals surface area (Å²) in [6.45, 7) is 1.75. The average Bonchev–Trinajstić information content (AvgIpc) is 2.37. The average molecular weight is 375 g/mol. The molecule has 106 valence electrons. The van der Waals surface area contributed by atoms with Crippen molar-refractivity contribution in [3.63, 3.8) is 0 Å². The molecule has 0 aliphatic carbocycles. The summed E-state index contributed by atoms with van der Waals surface area (Å²) in [5.41, 5.74) is 0.640. The van der Waals surface area contributed by atoms with Crippen LogP contribution in [0.5, 0.6) is 5.88 Å². The zero-order valence-electron chi connectivity index (χ0n) is 10.7. The molecular weight excluding hydrogens is 364 g/mol. The van der Waals surface area contributed by atoms with Crippen molar-refractivity contribution in [2.24, 2.45) is 0 Å². The number of hydrogen-bond donors (Lipinski definition) is 0. The Hall–Kier alpha value is -1.12. The molecule has 0 amide bonds. The minimum atomic E-state index is -3.93. The Labute approximate surface area is 130 Å². The van der Waals surface area contributed by atoms with Gasteiger partial charge in [0.2, 0.25) is 5.88 Å². The van der Waals surface area contributed by atoms with E-state index in [1.165, 1.54) is 23.9 Å². The van der Waals surface area contributed by atoms with Crippen LogP contribution in [-0.2, 0) is 10.1 Å². The molecule has 0 unspecified atom stereocenters. The van der Waals surface area contributed by atoms with Gasteiger partial charge in [0.25, 0.3) is 0 Å². The van der Waals surface area contributed by atoms with Crippen LogP contribution in [0, 0.1) is 6.92 Å². The fraction of sp³-hybridized carbons (Fsp3) is 0.167. The second-order valence-corrected chi connectivity index (χ2v) is 6.94. The van der Waals surface area contributed by atoms with Crippen molar-refractivity contribution in [3.05, 3.63) is 40.5 Å². The molecule has 0 fully saturated rings. The zero-order chi connectivity index (χ0) is 14.8. The lowest BCUT2D eigenvalue weighted by Crippen LogP contribution is -2.12. The van der Waals surface area contributed by atoms with Crippen molar-refractivity contribution >= 4 is 37.8 Å². The molecule has 1 aromatic carbocycles. The van der Waals surface area contributed by atoms with Crippen molar-refractivity contribution in [1.82, 2.24) is 9.97 Å². The van der Waals surface area contributed by atoms with Gasteiger partial charge < -0.3 is 4.18 Å². The van der Waals surface area contributed by atoms with Crippen molar-refractivity contribution < 1.29 is 12.6 Å². The maximum Gasteiger partial charge on any atom is 0.341 e. The van der Waals surface area contributed by atoms with Crippen molar-refractivity contribution in [3.8, 4) is 5.88 Å². The molecule has 2 aromatic rings. The number of aromatic nitrogens is 2. The van der Waals surface area contributed by atoms with E-state index in [4.69, 9.17) is 4.18 Å². The smallest absolute Gasteiger partial charge is 0.341 e. The molecule has 0 atom stereocenters. The van der Waals surface area contributed by atoms with Gasteiger partial charge in [-0.1, -0.05) is 23.9 Å². The summed E-state index contributed by atoms with van der Waals surface area (Å²) in [5.74, 6) is 0.0117. The Bertz CT molecular complexity index is 735. The van der Waals surface area contributed by atoms with Crippen molar-refractivity contribution in [2.45, 2.75) is 17.0 Å². The Kier molecular flexibility index (Phi) is 4.66. The third-order valence-corrected chi connectivity index (χ3v) is 5.08. The number of rotatable bonds is 4. The van der Waals surface area contributed by atoms with E-state index in [1.54, 1.807) is 31.4 Å². The van der Waals surface area contributed by atoms with Crippen LogP contribution >= 0.6 is 27.7 Å². The molecule has 0 saturated heterocycles. The standard InChI is InChI=1S/C12H11BrN2O3S2/c1-8-7-11(15-12(14-8)19-2)18-20(16,17)10-6-4-3-5-9(10)13/h3-7H,1-2H3. The lowest BCUT2D eigenvalue weighted by molar-refractivity contribution is 0.471. The maximum atomic E-state index is 12.2. The molecule has 0 N–H and O–H groups in total. The molecule has 5 nitrogen and oxygen atoms in total. The SMILES string of the molecule is CSc1nc(C)cc(OS(=O)(=O)c2ccccc2Br)n1. The number of hydrogen-bond acceptors (Lipinski definition) is 6. The van der Waals surface area contributed by atoms with Crippen molar-refractivity contribution in [1.29, 1.82) is 0 Å². The van der Waals surface area contributed by atoms with Gasteiger partial charge in [-0.05, 0) is 41.2 Å². The normalized spacial score (nSPS) is 11.3. The summed E-state index contributed by atoms with van der Waals surface area (Å²) in [4.78, 5) is 8.23. The zero-order valence-corrected chi connectivity index (χ0v) is 13.9. The summed E-state index contributed by atoms with van der Waals surface area (Å²) in [5, 5.41) is 0.460. The first-order valence-corrected chi connectivity index (χ1v) is 8.93. The van der Waals surface area contributed by atoms with Crippen LogP contribution in [0.4, 0.5) is 0 Å². The molecule has 0 aliphatic rings. The topological polar surface area (TPSA) is 69.2 Å². The molecule has 0 radical (unpaired) electrons. The van der Waals surface area contributed by atoms with E-state index in [1.807, 2.05) is 0 Å². The van der Waals surface area contributed by atoms with Crippen LogP contribution in [0.2, 0.25) is 0 Å². The van der Waals surface area contributed by atoms with E-state index in [-0.39, 0.29) is 10.8 Å². The molecule has 20 heavy (non-hydrogen) atoms. The lowest BCUT2D eigenvalue weighted by Gasteiger charge is -2.08. The van der Waals surface area contributed by atoms with Gasteiger partial charge in [0, 0.05) is 16.2 Å². The number of halogens is 1. The maximum absolute atomic E-state index is 12.2. The van der Waals surface area contributed by atoms with Crippen molar-refractivity contribution in [2.75, 3.05) is 6.26 Å². The highest BCUT2D eigenvalue weighted by molar-refractivity contribution is 9.10. The van der Waals surface area contributed by atoms with E-state index in [9.17, 15) is 8.42 Å². The Morgan fingerprint density at radius 1 is 1.25 bits per heavy atom. The van der Waals surface area contributed by atoms with Crippen LogP contribution in [0.1, 0.15) is 5.69 Å². The lowest BCUT2D eigenvalue weighted by atomic mass is 10.4. The van der Waals surface area contributed by atoms with Gasteiger partial charge in [-0.15, -0.1) is 0 Å². The van der Waals surface area contributed by atoms with Gasteiger partial charge in [0.15, 0.2) is 5.16 Å². The summed E-state index contributed by atoms with van der Waals surface area (Å²) in [6, 6.07) is 7.93. The van der Waals surface area contributed by atoms with E-state index >= 15 is 0 Å². The van der Waals surface area contributed by atoms with Gasteiger partial charge in [-0.3, -0.25) is 0 Å². The predicted molar refractivity (Wildman–Crippen MR) is 80.5 cm³/mol. The first-order chi connectivity index (χ1) is 9.42. The van der Waals surface area contributed by atoms with Crippen LogP contribution in [0.25, 0.3) is 0 Å². The van der Waals surface area contributed by atoms with E-state index in [2.05, 4.69) is 25.9 Å². The molecular formula is C12H11BrN2O3S2. The fourth-order valence-corrected chi connectivity index (χ4v) is 3.70. The molecule has 0 bridgehead atoms. The summed E-state index contributed by atoms with van der Waals surface area (Å²) in [6.07, 6.45) is 1.81. The summed E-state index contributed by atoms with van der Waals surface area (Å²) in [7, 11) is -3.93. The fourth-order valence-electron chi connectivity index (χ4n) is 1.45. The number of nitrogens with zero attached hydrogens (tertiary/aromatic N) is 2. The first-order valence-electron chi connectivity index (χ1n) is 5.51. The van der Waals surface area contributed by atoms with E-state index < -0.39 is 10.1 Å². The monoisotopic (exact) mass is 374 g/mol. The highest BCUT2D eigenvalue weighted by atomic mass is 79.9. The summed E-state index contributed by atoms with van der Waals surface area (Å²) < 4.78 is 29.9. The molecule has 8 heteroatoms. The van der Waals surface area contributed by atoms with Crippen LogP contribution in [-0.4, -0.2) is 24.6 Å². The Morgan fingerprint density at radius 3 is 2.60 bits per heavy atom. The van der Waals surface area contributed by atoms with Crippen LogP contribution < -0.4 is 4.18 Å². The highest BCUT2D eigenvalue weighted by Gasteiger charge is 2.20. The predicted octanol–water partition coefficient (Wildman–Crippen LogP) is 3.04. The highest BCUT2D eigenvalue weighted by Crippen LogP contribution is 2.25. The van der Waals surface area contributed by atoms with Crippen LogP contribution in [0.3, 0.4) is 0 Å². The van der Waals surface area contributed by atoms with Gasteiger partial charge in [0.05, 0.1) is 0 Å². The largest absolute Gasteiger partial charge is 0.358 e. The van der Waals surface area contributed by atoms with E-state index in [0.717, 1.165) is 0 Å². The summed E-state index contributed by atoms with van der Waals surface area (Å²) >= 11 is 4.51. The Balaban J connectivity index is 2.38. The molecule has 0 spiro atoms. The minimum Gasteiger partial charge on any atom is -0.358 e. The molecule has 2 rings (SSSR count). The quantitative estimate of drug-likeness (QED) is 0.465. The van der Waals surface area contributed by atoms with Gasteiger partial charge in [-0.2, -0.15) is 13.4 Å². The third-order valence-electron chi connectivity index (χ3n) is 2.29. The van der Waals surface area contributed by atoms with Gasteiger partial charge in [-0.25, -0.2) is 4.98 Å². The Morgan fingerprint density at radius 2 is 1.95 bits per heavy atom. The first kappa shape index (κ1) is 15.3. The molecule has 1 aromatic heterocycles. The number of aryl methyl sites for hydroxylation is 1. The van der Waals surface area contributed by atoms with Gasteiger partial charge in [0.1, 0.15) is 4.90 Å². The van der Waals surface area contributed by atoms with Crippen LogP contribution in [0.15, 0.2) is 44.9 Å². The van der Waals surface area contributed by atoms with E-state index in [0.29, 0.717) is 15.3 Å². The third kappa shape index (κ3) is 3.50.